The van der Waals surface area contributed by atoms with Crippen molar-refractivity contribution >= 4 is 0 Å². The quantitative estimate of drug-likeness (QED) is 0.827. The van der Waals surface area contributed by atoms with Crippen LogP contribution < -0.4 is 9.47 Å². The third-order valence-electron chi connectivity index (χ3n) is 2.81. The molecule has 0 bridgehead atoms. The van der Waals surface area contributed by atoms with E-state index in [2.05, 4.69) is 0 Å². The monoisotopic (exact) mass is 240 g/mol. The summed E-state index contributed by atoms with van der Waals surface area (Å²) in [7, 11) is 4.75. The molecule has 0 fully saturated rings. The summed E-state index contributed by atoms with van der Waals surface area (Å²) in [4.78, 5) is 0. The van der Waals surface area contributed by atoms with Gasteiger partial charge in [-0.25, -0.2) is 0 Å². The number of methoxy groups -OCH3 is 3. The predicted octanol–water partition coefficient (Wildman–Crippen LogP) is 2.16. The zero-order chi connectivity index (χ0) is 12.8. The number of aliphatic hydroxyl groups excluding tert-OH is 1. The van der Waals surface area contributed by atoms with Gasteiger partial charge in [-0.15, -0.1) is 0 Å². The number of rotatable bonds is 6. The maximum Gasteiger partial charge on any atom is 0.161 e. The van der Waals surface area contributed by atoms with E-state index in [1.807, 2.05) is 13.0 Å². The minimum absolute atomic E-state index is 0.215. The highest BCUT2D eigenvalue weighted by atomic mass is 16.5. The van der Waals surface area contributed by atoms with E-state index in [9.17, 15) is 5.11 Å². The van der Waals surface area contributed by atoms with E-state index in [1.54, 1.807) is 33.5 Å². The summed E-state index contributed by atoms with van der Waals surface area (Å²) in [6.07, 6.45) is -0.135. The minimum Gasteiger partial charge on any atom is -0.493 e. The molecule has 4 heteroatoms. The fourth-order valence-electron chi connectivity index (χ4n) is 1.77. The Morgan fingerprint density at radius 2 is 1.76 bits per heavy atom. The van der Waals surface area contributed by atoms with E-state index in [-0.39, 0.29) is 6.10 Å². The first kappa shape index (κ1) is 13.8. The highest BCUT2D eigenvalue weighted by Crippen LogP contribution is 2.31. The Labute approximate surface area is 102 Å². The van der Waals surface area contributed by atoms with E-state index in [1.165, 1.54) is 0 Å². The first-order valence-electron chi connectivity index (χ1n) is 5.60. The molecule has 0 radical (unpaired) electrons. The van der Waals surface area contributed by atoms with Gasteiger partial charge in [0.25, 0.3) is 0 Å². The highest BCUT2D eigenvalue weighted by molar-refractivity contribution is 5.43. The fraction of sp³-hybridized carbons (Fsp3) is 0.538. The Morgan fingerprint density at radius 1 is 1.12 bits per heavy atom. The summed E-state index contributed by atoms with van der Waals surface area (Å²) in [5.74, 6) is 1.25. The Morgan fingerprint density at radius 3 is 2.24 bits per heavy atom. The molecule has 4 nitrogen and oxygen atoms in total. The second-order valence-corrected chi connectivity index (χ2v) is 3.74. The second-order valence-electron chi connectivity index (χ2n) is 3.74. The average Bonchev–Trinajstić information content (AvgIpc) is 2.39. The molecule has 1 rings (SSSR count). The molecular formula is C13H20O4. The molecule has 0 aliphatic carbocycles. The Hall–Kier alpha value is -1.26. The van der Waals surface area contributed by atoms with Gasteiger partial charge in [0.05, 0.1) is 20.3 Å². The molecule has 0 heterocycles. The van der Waals surface area contributed by atoms with Crippen molar-refractivity contribution in [3.63, 3.8) is 0 Å². The van der Waals surface area contributed by atoms with Gasteiger partial charge in [0.1, 0.15) is 6.10 Å². The lowest BCUT2D eigenvalue weighted by atomic mass is 10.0. The Kier molecular flexibility index (Phi) is 5.25. The molecule has 17 heavy (non-hydrogen) atoms. The van der Waals surface area contributed by atoms with Crippen molar-refractivity contribution in [1.82, 2.24) is 0 Å². The van der Waals surface area contributed by atoms with Gasteiger partial charge in [0.15, 0.2) is 11.5 Å². The van der Waals surface area contributed by atoms with E-state index in [4.69, 9.17) is 14.2 Å². The Bertz CT molecular complexity index is 347. The molecule has 0 saturated heterocycles. The van der Waals surface area contributed by atoms with Gasteiger partial charge < -0.3 is 19.3 Å². The summed E-state index contributed by atoms with van der Waals surface area (Å²) in [6.45, 7) is 1.97. The molecule has 0 amide bonds. The van der Waals surface area contributed by atoms with Gasteiger partial charge in [-0.3, -0.25) is 0 Å². The summed E-state index contributed by atoms with van der Waals surface area (Å²) in [5, 5.41) is 10.1. The van der Waals surface area contributed by atoms with E-state index >= 15 is 0 Å². The summed E-state index contributed by atoms with van der Waals surface area (Å²) in [5.41, 5.74) is 0.761. The lowest BCUT2D eigenvalue weighted by Gasteiger charge is -2.21. The van der Waals surface area contributed by atoms with Crippen molar-refractivity contribution in [1.29, 1.82) is 0 Å². The van der Waals surface area contributed by atoms with Crippen LogP contribution in [0.25, 0.3) is 0 Å². The van der Waals surface area contributed by atoms with E-state index in [0.29, 0.717) is 11.5 Å². The molecule has 0 aliphatic heterocycles. The van der Waals surface area contributed by atoms with Crippen molar-refractivity contribution in [2.45, 2.75) is 25.6 Å². The van der Waals surface area contributed by atoms with E-state index in [0.717, 1.165) is 12.0 Å². The lowest BCUT2D eigenvalue weighted by molar-refractivity contribution is -0.0149. The third-order valence-corrected chi connectivity index (χ3v) is 2.81. The van der Waals surface area contributed by atoms with Gasteiger partial charge in [-0.2, -0.15) is 0 Å². The molecule has 1 aromatic carbocycles. The molecule has 0 aromatic heterocycles. The average molecular weight is 240 g/mol. The maximum atomic E-state index is 10.1. The van der Waals surface area contributed by atoms with Crippen LogP contribution in [0.5, 0.6) is 11.5 Å². The van der Waals surface area contributed by atoms with Crippen LogP contribution in [-0.4, -0.2) is 32.5 Å². The molecule has 0 spiro atoms. The van der Waals surface area contributed by atoms with Gasteiger partial charge in [-0.1, -0.05) is 13.0 Å². The van der Waals surface area contributed by atoms with Gasteiger partial charge >= 0.3 is 0 Å². The SMILES string of the molecule is CCC(OC)C(O)c1ccc(OC)c(OC)c1. The fourth-order valence-corrected chi connectivity index (χ4v) is 1.77. The molecule has 0 aliphatic rings. The predicted molar refractivity (Wildman–Crippen MR) is 65.6 cm³/mol. The van der Waals surface area contributed by atoms with Crippen LogP contribution in [0, 0.1) is 0 Å². The van der Waals surface area contributed by atoms with Crippen molar-refractivity contribution in [2.75, 3.05) is 21.3 Å². The molecular weight excluding hydrogens is 220 g/mol. The number of aliphatic hydroxyl groups is 1. The van der Waals surface area contributed by atoms with Crippen molar-refractivity contribution in [2.24, 2.45) is 0 Å². The zero-order valence-electron chi connectivity index (χ0n) is 10.8. The van der Waals surface area contributed by atoms with Crippen molar-refractivity contribution in [3.8, 4) is 11.5 Å². The number of benzene rings is 1. The highest BCUT2D eigenvalue weighted by Gasteiger charge is 2.20. The van der Waals surface area contributed by atoms with Gasteiger partial charge in [0.2, 0.25) is 0 Å². The summed E-state index contributed by atoms with van der Waals surface area (Å²) < 4.78 is 15.6. The molecule has 2 unspecified atom stereocenters. The first-order valence-corrected chi connectivity index (χ1v) is 5.60. The largest absolute Gasteiger partial charge is 0.493 e. The standard InChI is InChI=1S/C13H20O4/c1-5-10(15-2)13(14)9-6-7-11(16-3)12(8-9)17-4/h6-8,10,13-14H,5H2,1-4H3. The molecule has 1 aromatic rings. The zero-order valence-corrected chi connectivity index (χ0v) is 10.8. The molecule has 2 atom stereocenters. The topological polar surface area (TPSA) is 47.9 Å². The van der Waals surface area contributed by atoms with Crippen LogP contribution in [0.2, 0.25) is 0 Å². The van der Waals surface area contributed by atoms with Gasteiger partial charge in [-0.05, 0) is 24.1 Å². The number of hydrogen-bond acceptors (Lipinski definition) is 4. The van der Waals surface area contributed by atoms with Crippen LogP contribution in [0.1, 0.15) is 25.0 Å². The number of hydrogen-bond donors (Lipinski definition) is 1. The molecule has 0 saturated carbocycles. The second kappa shape index (κ2) is 6.47. The van der Waals surface area contributed by atoms with Crippen LogP contribution in [0.15, 0.2) is 18.2 Å². The Balaban J connectivity index is 2.98. The molecule has 1 N–H and O–H groups in total. The van der Waals surface area contributed by atoms with Crippen molar-refractivity contribution in [3.05, 3.63) is 23.8 Å². The number of ether oxygens (including phenoxy) is 3. The lowest BCUT2D eigenvalue weighted by Crippen LogP contribution is -2.19. The normalized spacial score (nSPS) is 14.2. The third kappa shape index (κ3) is 3.11. The minimum atomic E-state index is -0.662. The first-order chi connectivity index (χ1) is 8.17. The summed E-state index contributed by atoms with van der Waals surface area (Å²) in [6, 6.07) is 5.36. The van der Waals surface area contributed by atoms with E-state index < -0.39 is 6.10 Å². The van der Waals surface area contributed by atoms with Crippen molar-refractivity contribution < 1.29 is 19.3 Å². The van der Waals surface area contributed by atoms with Crippen LogP contribution in [0.3, 0.4) is 0 Å². The van der Waals surface area contributed by atoms with Crippen LogP contribution >= 0.6 is 0 Å². The van der Waals surface area contributed by atoms with Gasteiger partial charge in [0, 0.05) is 7.11 Å². The van der Waals surface area contributed by atoms with Crippen LogP contribution in [0.4, 0.5) is 0 Å². The van der Waals surface area contributed by atoms with Crippen LogP contribution in [-0.2, 0) is 4.74 Å². The smallest absolute Gasteiger partial charge is 0.161 e. The summed E-state index contributed by atoms with van der Waals surface area (Å²) >= 11 is 0. The molecule has 96 valence electrons. The maximum absolute atomic E-state index is 10.1.